The highest BCUT2D eigenvalue weighted by atomic mass is 32.1. The number of allylic oxidation sites excluding steroid dienone is 1. The minimum atomic E-state index is -1.12. The molecule has 6 heterocycles. The summed E-state index contributed by atoms with van der Waals surface area (Å²) >= 11 is 1.57. The van der Waals surface area contributed by atoms with E-state index in [-0.39, 0.29) is 55.4 Å². The predicted molar refractivity (Wildman–Crippen MR) is 235 cm³/mol. The summed E-state index contributed by atoms with van der Waals surface area (Å²) in [4.78, 5) is 50.6. The second-order valence-electron chi connectivity index (χ2n) is 17.1. The van der Waals surface area contributed by atoms with E-state index in [1.54, 1.807) is 43.4 Å². The number of anilines is 1. The lowest BCUT2D eigenvalue weighted by Crippen LogP contribution is -2.50. The SMILES string of the molecule is Cc1ncsc1-c1ccc([C@H](C)NC(=O)[C@@H]2C[C@@H](O)CN2C(=O)C(C(=O)C=C(N)OCCN2C3CCC2CC(n2nc(N)c4nnc(-c5ccccc5O)cc42)C3)C(C)C)cc1. The van der Waals surface area contributed by atoms with Crippen LogP contribution in [0.1, 0.15) is 76.2 Å². The number of phenols is 1. The molecule has 0 radical (unpaired) electrons. The lowest BCUT2D eigenvalue weighted by molar-refractivity contribution is -0.146. The average molecular weight is 863 g/mol. The number of β-amino-alcohol motifs (C(OH)–C–C–N with tert-alkyl or cyclic N) is 1. The number of para-hydroxylation sites is 1. The van der Waals surface area contributed by atoms with Crippen LogP contribution in [0.3, 0.4) is 0 Å². The molecular formula is C45H54N10O6S. The van der Waals surface area contributed by atoms with Gasteiger partial charge in [-0.2, -0.15) is 5.10 Å². The minimum absolute atomic E-state index is 0.0587. The van der Waals surface area contributed by atoms with Gasteiger partial charge in [0.1, 0.15) is 24.3 Å². The molecular weight excluding hydrogens is 809 g/mol. The number of carbonyl (C=O) groups is 3. The van der Waals surface area contributed by atoms with Crippen molar-refractivity contribution in [1.82, 2.24) is 40.1 Å². The number of aromatic nitrogens is 5. The van der Waals surface area contributed by atoms with E-state index in [9.17, 15) is 24.6 Å². The topological polar surface area (TPSA) is 228 Å². The van der Waals surface area contributed by atoms with Gasteiger partial charge >= 0.3 is 0 Å². The number of rotatable bonds is 14. The van der Waals surface area contributed by atoms with Crippen LogP contribution in [-0.2, 0) is 19.1 Å². The van der Waals surface area contributed by atoms with Crippen LogP contribution in [0.15, 0.2) is 72.1 Å². The number of hydrogen-bond acceptors (Lipinski definition) is 14. The van der Waals surface area contributed by atoms with Gasteiger partial charge in [0.25, 0.3) is 0 Å². The molecule has 8 rings (SSSR count). The quantitative estimate of drug-likeness (QED) is 0.0571. The summed E-state index contributed by atoms with van der Waals surface area (Å²) in [6.07, 6.45) is 4.04. The van der Waals surface area contributed by atoms with Crippen LogP contribution in [-0.4, -0.2) is 106 Å². The van der Waals surface area contributed by atoms with Gasteiger partial charge < -0.3 is 36.6 Å². The first-order valence-electron chi connectivity index (χ1n) is 21.3. The Labute approximate surface area is 364 Å². The van der Waals surface area contributed by atoms with E-state index in [2.05, 4.69) is 30.5 Å². The molecule has 0 spiro atoms. The van der Waals surface area contributed by atoms with Crippen molar-refractivity contribution in [2.24, 2.45) is 17.6 Å². The Hall–Kier alpha value is -5.91. The molecule has 3 saturated heterocycles. The molecule has 0 aliphatic carbocycles. The summed E-state index contributed by atoms with van der Waals surface area (Å²) in [5, 5.41) is 37.5. The monoisotopic (exact) mass is 862 g/mol. The number of nitrogens with one attached hydrogen (secondary N) is 1. The number of hydrogen-bond donors (Lipinski definition) is 5. The van der Waals surface area contributed by atoms with Crippen LogP contribution in [0.2, 0.25) is 0 Å². The maximum atomic E-state index is 14.1. The lowest BCUT2D eigenvalue weighted by atomic mass is 9.89. The van der Waals surface area contributed by atoms with Crippen LogP contribution in [0.4, 0.5) is 5.82 Å². The number of amides is 2. The molecule has 2 aromatic carbocycles. The van der Waals surface area contributed by atoms with Crippen molar-refractivity contribution >= 4 is 45.8 Å². The van der Waals surface area contributed by atoms with Crippen molar-refractivity contribution in [3.8, 4) is 27.4 Å². The number of ether oxygens (including phenoxy) is 1. The Balaban J connectivity index is 0.864. The molecule has 5 aromatic rings. The molecule has 3 fully saturated rings. The molecule has 6 atom stereocenters. The standard InChI is InChI=1S/C45H54N10O6S/c1-24(2)40(45(60)54-22-32(56)19-36(54)44(59)49-25(3)27-9-11-28(12-10-27)42-26(4)48-23-62-42)38(58)21-39(46)61-16-15-53-29-13-14-30(53)18-31(17-29)55-35-20-34(33-7-5-6-8-37(33)57)50-51-41(35)43(47)52-55/h5-12,20-21,23-25,29-32,36,40,56-57H,13-19,22,46H2,1-4H3,(H2,47,52)(H,49,59)/t25-,29?,30?,31?,32+,36-,40?/m0/s1. The largest absolute Gasteiger partial charge is 0.507 e. The maximum absolute atomic E-state index is 14.1. The van der Waals surface area contributed by atoms with Gasteiger partial charge in [-0.05, 0) is 74.8 Å². The Morgan fingerprint density at radius 3 is 2.42 bits per heavy atom. The van der Waals surface area contributed by atoms with Crippen LogP contribution in [0, 0.1) is 18.8 Å². The van der Waals surface area contributed by atoms with Crippen LogP contribution in [0.25, 0.3) is 32.7 Å². The summed E-state index contributed by atoms with van der Waals surface area (Å²) in [6, 6.07) is 16.1. The van der Waals surface area contributed by atoms with E-state index in [4.69, 9.17) is 16.2 Å². The normalized spacial score (nSPS) is 22.6. The fourth-order valence-electron chi connectivity index (χ4n) is 9.52. The van der Waals surface area contributed by atoms with Crippen molar-refractivity contribution in [2.45, 2.75) is 96.1 Å². The molecule has 16 nitrogen and oxygen atoms in total. The zero-order chi connectivity index (χ0) is 43.8. The number of fused-ring (bicyclic) bond motifs is 3. The number of piperidine rings is 1. The highest BCUT2D eigenvalue weighted by Crippen LogP contribution is 2.42. The zero-order valence-electron chi connectivity index (χ0n) is 35.3. The van der Waals surface area contributed by atoms with Gasteiger partial charge in [0, 0.05) is 43.2 Å². The van der Waals surface area contributed by atoms with E-state index in [1.165, 1.54) is 11.0 Å². The summed E-state index contributed by atoms with van der Waals surface area (Å²) in [5.74, 6) is -2.64. The molecule has 3 aromatic heterocycles. The Morgan fingerprint density at radius 2 is 1.74 bits per heavy atom. The molecule has 326 valence electrons. The molecule has 3 unspecified atom stereocenters. The average Bonchev–Trinajstić information content (AvgIpc) is 4.00. The molecule has 62 heavy (non-hydrogen) atoms. The van der Waals surface area contributed by atoms with Crippen molar-refractivity contribution in [3.05, 3.63) is 83.3 Å². The summed E-state index contributed by atoms with van der Waals surface area (Å²) in [7, 11) is 0. The third-order valence-corrected chi connectivity index (χ3v) is 13.6. The summed E-state index contributed by atoms with van der Waals surface area (Å²) < 4.78 is 7.85. The van der Waals surface area contributed by atoms with Crippen molar-refractivity contribution < 1.29 is 29.3 Å². The number of aromatic hydroxyl groups is 1. The van der Waals surface area contributed by atoms with E-state index >= 15 is 0 Å². The molecule has 2 bridgehead atoms. The lowest BCUT2D eigenvalue weighted by Gasteiger charge is -2.39. The van der Waals surface area contributed by atoms with Crippen molar-refractivity contribution in [3.63, 3.8) is 0 Å². The molecule has 2 amide bonds. The second-order valence-corrected chi connectivity index (χ2v) is 17.9. The van der Waals surface area contributed by atoms with Gasteiger partial charge in [0.15, 0.2) is 23.0 Å². The first-order valence-corrected chi connectivity index (χ1v) is 22.1. The van der Waals surface area contributed by atoms with Crippen molar-refractivity contribution in [2.75, 3.05) is 25.4 Å². The molecule has 7 N–H and O–H groups in total. The maximum Gasteiger partial charge on any atom is 0.243 e. The fourth-order valence-corrected chi connectivity index (χ4v) is 10.3. The number of ketones is 1. The van der Waals surface area contributed by atoms with Crippen LogP contribution in [0.5, 0.6) is 5.75 Å². The van der Waals surface area contributed by atoms with Gasteiger partial charge in [-0.15, -0.1) is 21.5 Å². The van der Waals surface area contributed by atoms with Crippen molar-refractivity contribution in [1.29, 1.82) is 0 Å². The Bertz CT molecular complexity index is 2470. The second kappa shape index (κ2) is 17.8. The van der Waals surface area contributed by atoms with Gasteiger partial charge in [0.05, 0.1) is 45.5 Å². The number of nitrogens with zero attached hydrogens (tertiary/aromatic N) is 7. The fraction of sp³-hybridized carbons (Fsp3) is 0.444. The number of carbonyl (C=O) groups excluding carboxylic acids is 3. The number of benzene rings is 2. The van der Waals surface area contributed by atoms with Crippen LogP contribution >= 0.6 is 11.3 Å². The number of aliphatic hydroxyl groups excluding tert-OH is 1. The van der Waals surface area contributed by atoms with E-state index in [0.29, 0.717) is 29.1 Å². The molecule has 17 heteroatoms. The number of thiazole rings is 1. The third kappa shape index (κ3) is 8.61. The number of aryl methyl sites for hydroxylation is 1. The van der Waals surface area contributed by atoms with Gasteiger partial charge in [-0.1, -0.05) is 50.2 Å². The zero-order valence-corrected chi connectivity index (χ0v) is 36.2. The number of likely N-dealkylation sites (tertiary alicyclic amines) is 1. The third-order valence-electron chi connectivity index (χ3n) is 12.6. The summed E-state index contributed by atoms with van der Waals surface area (Å²) in [5.41, 5.74) is 19.7. The molecule has 0 saturated carbocycles. The Morgan fingerprint density at radius 1 is 1.02 bits per heavy atom. The van der Waals surface area contributed by atoms with E-state index < -0.39 is 41.6 Å². The highest BCUT2D eigenvalue weighted by Gasteiger charge is 2.44. The number of phenolic OH excluding ortho intramolecular Hbond substituents is 1. The van der Waals surface area contributed by atoms with Gasteiger partial charge in [0.2, 0.25) is 11.8 Å². The van der Waals surface area contributed by atoms with E-state index in [1.807, 2.05) is 60.4 Å². The highest BCUT2D eigenvalue weighted by molar-refractivity contribution is 7.13. The molecule has 3 aliphatic rings. The summed E-state index contributed by atoms with van der Waals surface area (Å²) in [6.45, 7) is 8.16. The smallest absolute Gasteiger partial charge is 0.243 e. The van der Waals surface area contributed by atoms with Gasteiger partial charge in [-0.25, -0.2) is 4.98 Å². The minimum Gasteiger partial charge on any atom is -0.507 e. The van der Waals surface area contributed by atoms with Gasteiger partial charge in [-0.3, -0.25) is 24.0 Å². The van der Waals surface area contributed by atoms with E-state index in [0.717, 1.165) is 52.9 Å². The predicted octanol–water partition coefficient (Wildman–Crippen LogP) is 4.88. The number of nitrogen functional groups attached to an aromatic ring is 1. The number of nitrogens with two attached hydrogens (primary N) is 2. The Kier molecular flexibility index (Phi) is 12.3. The first-order chi connectivity index (χ1) is 29.8. The number of aliphatic hydroxyl groups is 1. The molecule has 3 aliphatic heterocycles. The van der Waals surface area contributed by atoms with Crippen LogP contribution < -0.4 is 16.8 Å². The first kappa shape index (κ1) is 42.8.